The van der Waals surface area contributed by atoms with Gasteiger partial charge >= 0.3 is 0 Å². The molecule has 1 amide bonds. The Labute approximate surface area is 106 Å². The molecule has 0 aromatic heterocycles. The summed E-state index contributed by atoms with van der Waals surface area (Å²) in [4.78, 5) is 14.5. The summed E-state index contributed by atoms with van der Waals surface area (Å²) in [7, 11) is 0. The number of carbonyl (C=O) groups excluding carboxylic acids is 1. The van der Waals surface area contributed by atoms with E-state index < -0.39 is 0 Å². The smallest absolute Gasteiger partial charge is 0.227 e. The molecule has 2 atom stereocenters. The molecule has 2 unspecified atom stereocenters. The molecule has 1 fully saturated rings. The van der Waals surface area contributed by atoms with Crippen molar-refractivity contribution in [2.45, 2.75) is 65.5 Å². The Morgan fingerprint density at radius 2 is 1.82 bits per heavy atom. The Morgan fingerprint density at radius 1 is 1.24 bits per heavy atom. The maximum atomic E-state index is 12.5. The van der Waals surface area contributed by atoms with E-state index in [-0.39, 0.29) is 23.9 Å². The number of carbonyl (C=O) groups is 1. The third kappa shape index (κ3) is 3.98. The van der Waals surface area contributed by atoms with E-state index in [1.807, 2.05) is 4.90 Å². The van der Waals surface area contributed by atoms with Crippen molar-refractivity contribution in [3.63, 3.8) is 0 Å². The van der Waals surface area contributed by atoms with E-state index >= 15 is 0 Å². The standard InChI is InChI=1S/C14H28N2O/c1-10(2)9-16(11(3)4)14(17)12-7-5-6-8-13(12)15/h10-13H,5-9,15H2,1-4H3. The van der Waals surface area contributed by atoms with Gasteiger partial charge in [-0.1, -0.05) is 26.7 Å². The predicted molar refractivity (Wildman–Crippen MR) is 71.6 cm³/mol. The fourth-order valence-corrected chi connectivity index (χ4v) is 2.63. The van der Waals surface area contributed by atoms with Gasteiger partial charge in [0.1, 0.15) is 0 Å². The summed E-state index contributed by atoms with van der Waals surface area (Å²) in [5, 5.41) is 0. The van der Waals surface area contributed by atoms with Gasteiger partial charge in [0.25, 0.3) is 0 Å². The second-order valence-corrected chi connectivity index (χ2v) is 6.03. The molecule has 1 aliphatic carbocycles. The van der Waals surface area contributed by atoms with E-state index in [0.717, 1.165) is 25.8 Å². The average molecular weight is 240 g/mol. The molecule has 0 aromatic rings. The Balaban J connectivity index is 2.69. The van der Waals surface area contributed by atoms with Crippen molar-refractivity contribution in [3.8, 4) is 0 Å². The zero-order valence-corrected chi connectivity index (χ0v) is 11.8. The van der Waals surface area contributed by atoms with Crippen molar-refractivity contribution < 1.29 is 4.79 Å². The molecule has 0 spiro atoms. The highest BCUT2D eigenvalue weighted by atomic mass is 16.2. The third-order valence-electron chi connectivity index (χ3n) is 3.60. The van der Waals surface area contributed by atoms with E-state index in [9.17, 15) is 4.79 Å². The van der Waals surface area contributed by atoms with Crippen molar-refractivity contribution >= 4 is 5.91 Å². The number of amides is 1. The van der Waals surface area contributed by atoms with Crippen molar-refractivity contribution in [2.24, 2.45) is 17.6 Å². The van der Waals surface area contributed by atoms with Crippen LogP contribution in [-0.4, -0.2) is 29.4 Å². The van der Waals surface area contributed by atoms with Crippen molar-refractivity contribution in [3.05, 3.63) is 0 Å². The number of hydrogen-bond acceptors (Lipinski definition) is 2. The molecule has 0 radical (unpaired) electrons. The van der Waals surface area contributed by atoms with Crippen LogP contribution in [0.3, 0.4) is 0 Å². The predicted octanol–water partition coefficient (Wildman–Crippen LogP) is 2.40. The molecule has 100 valence electrons. The number of hydrogen-bond donors (Lipinski definition) is 1. The largest absolute Gasteiger partial charge is 0.340 e. The molecule has 1 saturated carbocycles. The lowest BCUT2D eigenvalue weighted by Gasteiger charge is -2.36. The van der Waals surface area contributed by atoms with Gasteiger partial charge in [-0.2, -0.15) is 0 Å². The van der Waals surface area contributed by atoms with Crippen LogP contribution in [0.1, 0.15) is 53.4 Å². The fourth-order valence-electron chi connectivity index (χ4n) is 2.63. The first-order chi connectivity index (χ1) is 7.93. The number of rotatable bonds is 4. The summed E-state index contributed by atoms with van der Waals surface area (Å²) in [6.45, 7) is 9.34. The zero-order chi connectivity index (χ0) is 13.0. The molecular weight excluding hydrogens is 212 g/mol. The van der Waals surface area contributed by atoms with Crippen LogP contribution in [0.25, 0.3) is 0 Å². The van der Waals surface area contributed by atoms with Gasteiger partial charge in [0.2, 0.25) is 5.91 Å². The van der Waals surface area contributed by atoms with Crippen LogP contribution >= 0.6 is 0 Å². The molecule has 3 heteroatoms. The molecule has 0 saturated heterocycles. The summed E-state index contributed by atoms with van der Waals surface area (Å²) in [6.07, 6.45) is 4.31. The third-order valence-corrected chi connectivity index (χ3v) is 3.60. The highest BCUT2D eigenvalue weighted by Gasteiger charge is 2.32. The molecule has 3 nitrogen and oxygen atoms in total. The monoisotopic (exact) mass is 240 g/mol. The van der Waals surface area contributed by atoms with Crippen molar-refractivity contribution in [1.29, 1.82) is 0 Å². The summed E-state index contributed by atoms with van der Waals surface area (Å²) in [6, 6.07) is 0.351. The van der Waals surface area contributed by atoms with Crippen LogP contribution in [0.4, 0.5) is 0 Å². The molecule has 0 aromatic carbocycles. The summed E-state index contributed by atoms with van der Waals surface area (Å²) in [5.74, 6) is 0.854. The van der Waals surface area contributed by atoms with Crippen LogP contribution in [-0.2, 0) is 4.79 Å². The highest BCUT2D eigenvalue weighted by molar-refractivity contribution is 5.80. The first kappa shape index (κ1) is 14.5. The molecular formula is C14H28N2O. The molecule has 1 rings (SSSR count). The molecule has 1 aliphatic rings. The van der Waals surface area contributed by atoms with E-state index in [1.165, 1.54) is 6.42 Å². The normalized spacial score (nSPS) is 25.4. The first-order valence-electron chi connectivity index (χ1n) is 6.99. The van der Waals surface area contributed by atoms with Gasteiger partial charge < -0.3 is 10.6 Å². The molecule has 0 heterocycles. The summed E-state index contributed by atoms with van der Waals surface area (Å²) >= 11 is 0. The van der Waals surface area contributed by atoms with Gasteiger partial charge in [-0.25, -0.2) is 0 Å². The highest BCUT2D eigenvalue weighted by Crippen LogP contribution is 2.25. The Morgan fingerprint density at radius 3 is 2.29 bits per heavy atom. The van der Waals surface area contributed by atoms with Gasteiger partial charge in [-0.05, 0) is 32.6 Å². The maximum absolute atomic E-state index is 12.5. The minimum atomic E-state index is 0.0601. The van der Waals surface area contributed by atoms with Crippen LogP contribution in [0.15, 0.2) is 0 Å². The Bertz CT molecular complexity index is 251. The molecule has 2 N–H and O–H groups in total. The van der Waals surface area contributed by atoms with Crippen LogP contribution < -0.4 is 5.73 Å². The zero-order valence-electron chi connectivity index (χ0n) is 11.8. The maximum Gasteiger partial charge on any atom is 0.227 e. The number of nitrogens with zero attached hydrogens (tertiary/aromatic N) is 1. The molecule has 0 bridgehead atoms. The van der Waals surface area contributed by atoms with Crippen molar-refractivity contribution in [1.82, 2.24) is 4.90 Å². The quantitative estimate of drug-likeness (QED) is 0.820. The van der Waals surface area contributed by atoms with Gasteiger partial charge in [0.05, 0.1) is 5.92 Å². The summed E-state index contributed by atoms with van der Waals surface area (Å²) < 4.78 is 0. The second kappa shape index (κ2) is 6.39. The Hall–Kier alpha value is -0.570. The van der Waals surface area contributed by atoms with E-state index in [1.54, 1.807) is 0 Å². The van der Waals surface area contributed by atoms with Gasteiger partial charge in [-0.15, -0.1) is 0 Å². The van der Waals surface area contributed by atoms with Crippen LogP contribution in [0.2, 0.25) is 0 Å². The first-order valence-corrected chi connectivity index (χ1v) is 6.99. The van der Waals surface area contributed by atoms with Gasteiger partial charge in [-0.3, -0.25) is 4.79 Å². The minimum absolute atomic E-state index is 0.0601. The van der Waals surface area contributed by atoms with Gasteiger partial charge in [0, 0.05) is 18.6 Å². The van der Waals surface area contributed by atoms with E-state index in [0.29, 0.717) is 5.92 Å². The lowest BCUT2D eigenvalue weighted by Crippen LogP contribution is -2.49. The fraction of sp³-hybridized carbons (Fsp3) is 0.929. The minimum Gasteiger partial charge on any atom is -0.340 e. The van der Waals surface area contributed by atoms with Gasteiger partial charge in [0.15, 0.2) is 0 Å². The summed E-state index contributed by atoms with van der Waals surface area (Å²) in [5.41, 5.74) is 6.10. The lowest BCUT2D eigenvalue weighted by atomic mass is 9.84. The molecule has 17 heavy (non-hydrogen) atoms. The molecule has 0 aliphatic heterocycles. The lowest BCUT2D eigenvalue weighted by molar-refractivity contribution is -0.139. The Kier molecular flexibility index (Phi) is 5.44. The van der Waals surface area contributed by atoms with Crippen molar-refractivity contribution in [2.75, 3.05) is 6.54 Å². The van der Waals surface area contributed by atoms with E-state index in [4.69, 9.17) is 5.73 Å². The second-order valence-electron chi connectivity index (χ2n) is 6.03. The van der Waals surface area contributed by atoms with E-state index in [2.05, 4.69) is 27.7 Å². The van der Waals surface area contributed by atoms with Crippen LogP contribution in [0, 0.1) is 11.8 Å². The average Bonchev–Trinajstić information content (AvgIpc) is 2.25. The van der Waals surface area contributed by atoms with Crippen LogP contribution in [0.5, 0.6) is 0 Å². The number of nitrogens with two attached hydrogens (primary N) is 1. The topological polar surface area (TPSA) is 46.3 Å². The SMILES string of the molecule is CC(C)CN(C(=O)C1CCCCC1N)C(C)C.